The lowest BCUT2D eigenvalue weighted by Gasteiger charge is -2.11. The van der Waals surface area contributed by atoms with Gasteiger partial charge in [-0.15, -0.1) is 11.3 Å². The van der Waals surface area contributed by atoms with Gasteiger partial charge < -0.3 is 5.73 Å². The third-order valence-corrected chi connectivity index (χ3v) is 3.05. The molecule has 90 valence electrons. The summed E-state index contributed by atoms with van der Waals surface area (Å²) in [5.41, 5.74) is 5.20. The van der Waals surface area contributed by atoms with Gasteiger partial charge in [0.25, 0.3) is 0 Å². The van der Waals surface area contributed by atoms with Gasteiger partial charge in [-0.3, -0.25) is 0 Å². The maximum atomic E-state index is 12.8. The molecule has 2 aromatic rings. The number of nitrogen functional groups attached to an aromatic ring is 1. The Hall–Kier alpha value is -1.56. The molecular weight excluding hydrogens is 249 g/mol. The van der Waals surface area contributed by atoms with Crippen molar-refractivity contribution in [1.82, 2.24) is 4.98 Å². The standard InChI is InChI=1S/C11H9F3N2S/c1-6-16-9(10(15)17-6)7-4-2-3-5-8(7)11(12,13)14/h2-5H,15H2,1H3. The minimum absolute atomic E-state index is 0.0295. The van der Waals surface area contributed by atoms with E-state index in [4.69, 9.17) is 5.73 Å². The number of aromatic nitrogens is 1. The summed E-state index contributed by atoms with van der Waals surface area (Å²) in [6.07, 6.45) is -4.40. The number of hydrogen-bond acceptors (Lipinski definition) is 3. The van der Waals surface area contributed by atoms with E-state index in [-0.39, 0.29) is 11.3 Å². The smallest absolute Gasteiger partial charge is 0.389 e. The summed E-state index contributed by atoms with van der Waals surface area (Å²) in [6, 6.07) is 5.30. The quantitative estimate of drug-likeness (QED) is 0.846. The van der Waals surface area contributed by atoms with E-state index < -0.39 is 11.7 Å². The second kappa shape index (κ2) is 4.03. The van der Waals surface area contributed by atoms with Crippen molar-refractivity contribution in [2.24, 2.45) is 0 Å². The Labute approximate surface area is 99.9 Å². The summed E-state index contributed by atoms with van der Waals surface area (Å²) >= 11 is 1.18. The van der Waals surface area contributed by atoms with Crippen LogP contribution in [0.5, 0.6) is 0 Å². The third kappa shape index (κ3) is 2.26. The van der Waals surface area contributed by atoms with Crippen LogP contribution in [-0.4, -0.2) is 4.98 Å². The van der Waals surface area contributed by atoms with E-state index in [2.05, 4.69) is 4.98 Å². The van der Waals surface area contributed by atoms with E-state index >= 15 is 0 Å². The van der Waals surface area contributed by atoms with Crippen molar-refractivity contribution in [3.8, 4) is 11.3 Å². The molecule has 2 nitrogen and oxygen atoms in total. The lowest BCUT2D eigenvalue weighted by Crippen LogP contribution is -2.07. The van der Waals surface area contributed by atoms with E-state index in [1.807, 2.05) is 0 Å². The first-order chi connectivity index (χ1) is 7.89. The van der Waals surface area contributed by atoms with Crippen LogP contribution in [0.4, 0.5) is 18.2 Å². The Morgan fingerprint density at radius 1 is 1.24 bits per heavy atom. The van der Waals surface area contributed by atoms with Crippen LogP contribution in [0.3, 0.4) is 0 Å². The zero-order valence-electron chi connectivity index (χ0n) is 8.88. The normalized spacial score (nSPS) is 11.8. The minimum atomic E-state index is -4.40. The summed E-state index contributed by atoms with van der Waals surface area (Å²) in [5.74, 6) is 0. The number of nitrogens with zero attached hydrogens (tertiary/aromatic N) is 1. The van der Waals surface area contributed by atoms with E-state index in [1.165, 1.54) is 23.5 Å². The number of rotatable bonds is 1. The van der Waals surface area contributed by atoms with Gasteiger partial charge >= 0.3 is 6.18 Å². The molecule has 0 unspecified atom stereocenters. The van der Waals surface area contributed by atoms with E-state index in [9.17, 15) is 13.2 Å². The molecule has 1 aromatic heterocycles. The van der Waals surface area contributed by atoms with Gasteiger partial charge in [-0.2, -0.15) is 13.2 Å². The van der Waals surface area contributed by atoms with Crippen molar-refractivity contribution in [2.75, 3.05) is 5.73 Å². The highest BCUT2D eigenvalue weighted by Crippen LogP contribution is 2.39. The third-order valence-electron chi connectivity index (χ3n) is 2.25. The first kappa shape index (κ1) is 11.9. The van der Waals surface area contributed by atoms with Crippen molar-refractivity contribution >= 4 is 16.3 Å². The van der Waals surface area contributed by atoms with Gasteiger partial charge in [-0.05, 0) is 13.0 Å². The number of alkyl halides is 3. The monoisotopic (exact) mass is 258 g/mol. The van der Waals surface area contributed by atoms with Gasteiger partial charge in [0.05, 0.1) is 10.6 Å². The number of thiazole rings is 1. The lowest BCUT2D eigenvalue weighted by molar-refractivity contribution is -0.137. The molecule has 2 rings (SSSR count). The molecule has 0 aliphatic rings. The summed E-state index contributed by atoms with van der Waals surface area (Å²) in [7, 11) is 0. The van der Waals surface area contributed by atoms with Crippen LogP contribution < -0.4 is 5.73 Å². The topological polar surface area (TPSA) is 38.9 Å². The van der Waals surface area contributed by atoms with Crippen LogP contribution in [0.25, 0.3) is 11.3 Å². The maximum absolute atomic E-state index is 12.8. The fourth-order valence-corrected chi connectivity index (χ4v) is 2.28. The van der Waals surface area contributed by atoms with Crippen molar-refractivity contribution in [3.05, 3.63) is 34.8 Å². The van der Waals surface area contributed by atoms with E-state index in [0.29, 0.717) is 10.0 Å². The molecule has 0 bridgehead atoms. The van der Waals surface area contributed by atoms with Crippen molar-refractivity contribution in [3.63, 3.8) is 0 Å². The number of hydrogen-bond donors (Lipinski definition) is 1. The minimum Gasteiger partial charge on any atom is -0.389 e. The van der Waals surface area contributed by atoms with Crippen molar-refractivity contribution < 1.29 is 13.2 Å². The zero-order chi connectivity index (χ0) is 12.6. The lowest BCUT2D eigenvalue weighted by atomic mass is 10.0. The van der Waals surface area contributed by atoms with Crippen LogP contribution in [0.15, 0.2) is 24.3 Å². The number of benzene rings is 1. The largest absolute Gasteiger partial charge is 0.417 e. The van der Waals surface area contributed by atoms with Gasteiger partial charge in [0, 0.05) is 5.56 Å². The number of halogens is 3. The number of nitrogens with two attached hydrogens (primary N) is 1. The molecular formula is C11H9F3N2S. The van der Waals surface area contributed by atoms with E-state index in [0.717, 1.165) is 6.07 Å². The molecule has 6 heteroatoms. The number of anilines is 1. The van der Waals surface area contributed by atoms with Crippen LogP contribution >= 0.6 is 11.3 Å². The molecule has 0 saturated carbocycles. The predicted octanol–water partition coefficient (Wildman–Crippen LogP) is 3.72. The van der Waals surface area contributed by atoms with Crippen LogP contribution in [-0.2, 0) is 6.18 Å². The van der Waals surface area contributed by atoms with Crippen molar-refractivity contribution in [2.45, 2.75) is 13.1 Å². The zero-order valence-corrected chi connectivity index (χ0v) is 9.69. The molecule has 0 spiro atoms. The molecule has 0 amide bonds. The number of aryl methyl sites for hydroxylation is 1. The summed E-state index contributed by atoms with van der Waals surface area (Å²) in [5, 5.41) is 0.952. The molecule has 17 heavy (non-hydrogen) atoms. The summed E-state index contributed by atoms with van der Waals surface area (Å²) in [6.45, 7) is 1.71. The van der Waals surface area contributed by atoms with Crippen LogP contribution in [0.2, 0.25) is 0 Å². The average molecular weight is 258 g/mol. The SMILES string of the molecule is Cc1nc(-c2ccccc2C(F)(F)F)c(N)s1. The fraction of sp³-hybridized carbons (Fsp3) is 0.182. The second-order valence-electron chi connectivity index (χ2n) is 3.49. The first-order valence-electron chi connectivity index (χ1n) is 4.79. The molecule has 2 N–H and O–H groups in total. The first-order valence-corrected chi connectivity index (χ1v) is 5.60. The Kier molecular flexibility index (Phi) is 2.82. The molecule has 0 radical (unpaired) electrons. The van der Waals surface area contributed by atoms with E-state index in [1.54, 1.807) is 13.0 Å². The molecule has 0 atom stereocenters. The van der Waals surface area contributed by atoms with Gasteiger partial charge in [0.15, 0.2) is 0 Å². The molecule has 0 saturated heterocycles. The van der Waals surface area contributed by atoms with Gasteiger partial charge in [0.2, 0.25) is 0 Å². The molecule has 1 heterocycles. The maximum Gasteiger partial charge on any atom is 0.417 e. The molecule has 0 aliphatic heterocycles. The highest BCUT2D eigenvalue weighted by Gasteiger charge is 2.34. The fourth-order valence-electron chi connectivity index (χ4n) is 1.57. The Bertz CT molecular complexity index is 546. The second-order valence-corrected chi connectivity index (χ2v) is 4.72. The van der Waals surface area contributed by atoms with Crippen LogP contribution in [0, 0.1) is 6.92 Å². The molecule has 0 fully saturated rings. The Balaban J connectivity index is 2.64. The Morgan fingerprint density at radius 2 is 1.88 bits per heavy atom. The highest BCUT2D eigenvalue weighted by atomic mass is 32.1. The van der Waals surface area contributed by atoms with Gasteiger partial charge in [-0.25, -0.2) is 4.98 Å². The average Bonchev–Trinajstić information content (AvgIpc) is 2.56. The van der Waals surface area contributed by atoms with Gasteiger partial charge in [-0.1, -0.05) is 18.2 Å². The predicted molar refractivity (Wildman–Crippen MR) is 61.7 cm³/mol. The van der Waals surface area contributed by atoms with Gasteiger partial charge in [0.1, 0.15) is 10.7 Å². The summed E-state index contributed by atoms with van der Waals surface area (Å²) in [4.78, 5) is 4.05. The van der Waals surface area contributed by atoms with Crippen LogP contribution in [0.1, 0.15) is 10.6 Å². The highest BCUT2D eigenvalue weighted by molar-refractivity contribution is 7.16. The molecule has 0 aliphatic carbocycles. The molecule has 1 aromatic carbocycles. The Morgan fingerprint density at radius 3 is 2.41 bits per heavy atom. The van der Waals surface area contributed by atoms with Crippen molar-refractivity contribution in [1.29, 1.82) is 0 Å². The summed E-state index contributed by atoms with van der Waals surface area (Å²) < 4.78 is 38.4.